The fourth-order valence-electron chi connectivity index (χ4n) is 1.69. The summed E-state index contributed by atoms with van der Waals surface area (Å²) < 4.78 is 29.3. The van der Waals surface area contributed by atoms with Gasteiger partial charge in [-0.3, -0.25) is 0 Å². The first-order chi connectivity index (χ1) is 9.38. The highest BCUT2D eigenvalue weighted by atomic mass is 79.9. The first kappa shape index (κ1) is 15.0. The molecule has 0 aliphatic rings. The first-order valence-electron chi connectivity index (χ1n) is 5.86. The number of nitrogens with two attached hydrogens (primary N) is 1. The fourth-order valence-corrected chi connectivity index (χ4v) is 2.84. The van der Waals surface area contributed by atoms with E-state index in [1.165, 1.54) is 18.4 Å². The van der Waals surface area contributed by atoms with Crippen LogP contribution in [0.15, 0.2) is 51.8 Å². The summed E-state index contributed by atoms with van der Waals surface area (Å²) in [4.78, 5) is 0.265. The van der Waals surface area contributed by atoms with Crippen molar-refractivity contribution in [3.8, 4) is 11.5 Å². The number of ether oxygens (including phenoxy) is 1. The van der Waals surface area contributed by atoms with Crippen molar-refractivity contribution in [3.63, 3.8) is 0 Å². The van der Waals surface area contributed by atoms with Gasteiger partial charge in [0.05, 0.1) is 4.90 Å². The molecular weight excluding hydrogens is 342 g/mol. The van der Waals surface area contributed by atoms with Crippen LogP contribution in [0.1, 0.15) is 5.56 Å². The SMILES string of the molecule is CS(=O)(=O)c1ccc(Oc2cc(Br)cc(CN)c2)cc1. The van der Waals surface area contributed by atoms with Crippen LogP contribution in [0.5, 0.6) is 11.5 Å². The summed E-state index contributed by atoms with van der Waals surface area (Å²) >= 11 is 3.39. The van der Waals surface area contributed by atoms with Gasteiger partial charge in [-0.2, -0.15) is 0 Å². The third kappa shape index (κ3) is 3.82. The Balaban J connectivity index is 2.24. The molecule has 2 N–H and O–H groups in total. The van der Waals surface area contributed by atoms with Crippen molar-refractivity contribution in [2.24, 2.45) is 5.73 Å². The van der Waals surface area contributed by atoms with Crippen LogP contribution in [0.25, 0.3) is 0 Å². The zero-order valence-electron chi connectivity index (χ0n) is 10.8. The third-order valence-electron chi connectivity index (χ3n) is 2.65. The lowest BCUT2D eigenvalue weighted by molar-refractivity contribution is 0.481. The van der Waals surface area contributed by atoms with Crippen molar-refractivity contribution in [1.29, 1.82) is 0 Å². The van der Waals surface area contributed by atoms with Gasteiger partial charge in [-0.15, -0.1) is 0 Å². The maximum absolute atomic E-state index is 11.4. The van der Waals surface area contributed by atoms with Crippen LogP contribution < -0.4 is 10.5 Å². The number of hydrogen-bond acceptors (Lipinski definition) is 4. The van der Waals surface area contributed by atoms with Crippen LogP contribution in [0.4, 0.5) is 0 Å². The molecular formula is C14H14BrNO3S. The molecule has 2 aromatic rings. The number of rotatable bonds is 4. The van der Waals surface area contributed by atoms with Crippen LogP contribution in [0.2, 0.25) is 0 Å². The van der Waals surface area contributed by atoms with E-state index in [1.807, 2.05) is 18.2 Å². The summed E-state index contributed by atoms with van der Waals surface area (Å²) in [6.45, 7) is 0.419. The molecule has 0 fully saturated rings. The Morgan fingerprint density at radius 3 is 2.30 bits per heavy atom. The van der Waals surface area contributed by atoms with E-state index in [4.69, 9.17) is 10.5 Å². The van der Waals surface area contributed by atoms with Gasteiger partial charge in [0.1, 0.15) is 11.5 Å². The topological polar surface area (TPSA) is 69.4 Å². The molecule has 4 nitrogen and oxygen atoms in total. The summed E-state index contributed by atoms with van der Waals surface area (Å²) in [7, 11) is -3.19. The smallest absolute Gasteiger partial charge is 0.175 e. The van der Waals surface area contributed by atoms with Crippen LogP contribution in [0, 0.1) is 0 Å². The zero-order chi connectivity index (χ0) is 14.8. The van der Waals surface area contributed by atoms with Gasteiger partial charge in [-0.1, -0.05) is 15.9 Å². The van der Waals surface area contributed by atoms with Crippen LogP contribution >= 0.6 is 15.9 Å². The summed E-state index contributed by atoms with van der Waals surface area (Å²) in [5.74, 6) is 1.21. The van der Waals surface area contributed by atoms with Gasteiger partial charge < -0.3 is 10.5 Å². The fraction of sp³-hybridized carbons (Fsp3) is 0.143. The first-order valence-corrected chi connectivity index (χ1v) is 8.54. The van der Waals surface area contributed by atoms with Gasteiger partial charge in [-0.25, -0.2) is 8.42 Å². The highest BCUT2D eigenvalue weighted by Gasteiger charge is 2.07. The minimum Gasteiger partial charge on any atom is -0.457 e. The van der Waals surface area contributed by atoms with E-state index in [-0.39, 0.29) is 4.90 Å². The maximum atomic E-state index is 11.4. The van der Waals surface area contributed by atoms with Crippen molar-refractivity contribution in [2.75, 3.05) is 6.26 Å². The van der Waals surface area contributed by atoms with E-state index in [0.29, 0.717) is 18.0 Å². The van der Waals surface area contributed by atoms with Gasteiger partial charge in [0.15, 0.2) is 9.84 Å². The van der Waals surface area contributed by atoms with Crippen molar-refractivity contribution >= 4 is 25.8 Å². The van der Waals surface area contributed by atoms with Crippen LogP contribution in [-0.4, -0.2) is 14.7 Å². The summed E-state index contributed by atoms with van der Waals surface area (Å²) in [5.41, 5.74) is 6.55. The molecule has 2 rings (SSSR count). The van der Waals surface area contributed by atoms with Crippen molar-refractivity contribution in [3.05, 3.63) is 52.5 Å². The van der Waals surface area contributed by atoms with Crippen molar-refractivity contribution in [1.82, 2.24) is 0 Å². The summed E-state index contributed by atoms with van der Waals surface area (Å²) in [6.07, 6.45) is 1.17. The number of benzene rings is 2. The molecule has 6 heteroatoms. The summed E-state index contributed by atoms with van der Waals surface area (Å²) in [6, 6.07) is 11.9. The van der Waals surface area contributed by atoms with Gasteiger partial charge in [-0.05, 0) is 48.0 Å². The van der Waals surface area contributed by atoms with E-state index in [1.54, 1.807) is 12.1 Å². The van der Waals surface area contributed by atoms with Gasteiger partial charge in [0.25, 0.3) is 0 Å². The highest BCUT2D eigenvalue weighted by molar-refractivity contribution is 9.10. The van der Waals surface area contributed by atoms with E-state index in [9.17, 15) is 8.42 Å². The molecule has 2 aromatic carbocycles. The van der Waals surface area contributed by atoms with E-state index < -0.39 is 9.84 Å². The lowest BCUT2D eigenvalue weighted by Gasteiger charge is -2.08. The predicted octanol–water partition coefficient (Wildman–Crippen LogP) is 3.10. The molecule has 0 spiro atoms. The van der Waals surface area contributed by atoms with Crippen molar-refractivity contribution in [2.45, 2.75) is 11.4 Å². The zero-order valence-corrected chi connectivity index (χ0v) is 13.2. The van der Waals surface area contributed by atoms with Gasteiger partial charge in [0, 0.05) is 17.3 Å². The Morgan fingerprint density at radius 1 is 1.10 bits per heavy atom. The normalized spacial score (nSPS) is 11.3. The second-order valence-corrected chi connectivity index (χ2v) is 7.28. The largest absolute Gasteiger partial charge is 0.457 e. The minimum atomic E-state index is -3.19. The van der Waals surface area contributed by atoms with Crippen LogP contribution in [0.3, 0.4) is 0 Å². The Morgan fingerprint density at radius 2 is 1.75 bits per heavy atom. The Labute approximate surface area is 126 Å². The average molecular weight is 356 g/mol. The second kappa shape index (κ2) is 5.95. The lowest BCUT2D eigenvalue weighted by Crippen LogP contribution is -1.97. The number of sulfone groups is 1. The van der Waals surface area contributed by atoms with Crippen LogP contribution in [-0.2, 0) is 16.4 Å². The average Bonchev–Trinajstić information content (AvgIpc) is 2.37. The maximum Gasteiger partial charge on any atom is 0.175 e. The molecule has 0 radical (unpaired) electrons. The molecule has 0 saturated carbocycles. The van der Waals surface area contributed by atoms with Gasteiger partial charge >= 0.3 is 0 Å². The molecule has 0 aromatic heterocycles. The Bertz CT molecular complexity index is 712. The quantitative estimate of drug-likeness (QED) is 0.914. The molecule has 0 aliphatic carbocycles. The molecule has 0 heterocycles. The molecule has 0 amide bonds. The molecule has 0 aliphatic heterocycles. The molecule has 0 saturated heterocycles. The minimum absolute atomic E-state index is 0.265. The molecule has 20 heavy (non-hydrogen) atoms. The number of halogens is 1. The van der Waals surface area contributed by atoms with E-state index in [2.05, 4.69) is 15.9 Å². The standard InChI is InChI=1S/C14H14BrNO3S/c1-20(17,18)14-4-2-12(3-5-14)19-13-7-10(9-16)6-11(15)8-13/h2-8H,9,16H2,1H3. The Hall–Kier alpha value is -1.37. The molecule has 0 bridgehead atoms. The Kier molecular flexibility index (Phi) is 4.47. The molecule has 106 valence electrons. The third-order valence-corrected chi connectivity index (χ3v) is 4.24. The van der Waals surface area contributed by atoms with Gasteiger partial charge in [0.2, 0.25) is 0 Å². The second-order valence-electron chi connectivity index (χ2n) is 4.34. The lowest BCUT2D eigenvalue weighted by atomic mass is 10.2. The molecule has 0 unspecified atom stereocenters. The van der Waals surface area contributed by atoms with E-state index >= 15 is 0 Å². The monoisotopic (exact) mass is 355 g/mol. The van der Waals surface area contributed by atoms with Crippen molar-refractivity contribution < 1.29 is 13.2 Å². The number of hydrogen-bond donors (Lipinski definition) is 1. The molecule has 0 atom stereocenters. The van der Waals surface area contributed by atoms with E-state index in [0.717, 1.165) is 10.0 Å². The summed E-state index contributed by atoms with van der Waals surface area (Å²) in [5, 5.41) is 0. The highest BCUT2D eigenvalue weighted by Crippen LogP contribution is 2.27. The predicted molar refractivity (Wildman–Crippen MR) is 81.7 cm³/mol.